The van der Waals surface area contributed by atoms with Crippen LogP contribution in [0, 0.1) is 5.92 Å². The van der Waals surface area contributed by atoms with Crippen LogP contribution in [-0.2, 0) is 6.54 Å². The van der Waals surface area contributed by atoms with Crippen LogP contribution >= 0.6 is 12.4 Å². The van der Waals surface area contributed by atoms with Crippen LogP contribution in [0.15, 0.2) is 48.5 Å². The molecule has 2 aromatic carbocycles. The topological polar surface area (TPSA) is 21.7 Å². The predicted octanol–water partition coefficient (Wildman–Crippen LogP) is 3.73. The van der Waals surface area contributed by atoms with Crippen molar-refractivity contribution < 1.29 is 9.47 Å². The molecule has 1 fully saturated rings. The van der Waals surface area contributed by atoms with Gasteiger partial charge in [-0.15, -0.1) is 12.4 Å². The number of rotatable bonds is 3. The number of fused-ring (bicyclic) bond motifs is 3. The van der Waals surface area contributed by atoms with E-state index in [4.69, 9.17) is 9.47 Å². The largest absolute Gasteiger partial charge is 0.497 e. The Bertz CT molecular complexity index is 662. The molecule has 2 aromatic rings. The standard InChI is InChI=1S/C19H21NO2.ClH/c1-21-16-7-8-19-17(9-16)18-12-20(11-15(18)13-22-19)10-14-5-3-2-4-6-14;/h2-9,15,18H,10-13H2,1H3;1H/t15-,18+;/m1./s1. The van der Waals surface area contributed by atoms with Gasteiger partial charge in [0.2, 0.25) is 0 Å². The second kappa shape index (κ2) is 6.81. The molecular weight excluding hydrogens is 310 g/mol. The van der Waals surface area contributed by atoms with E-state index in [1.807, 2.05) is 12.1 Å². The Labute approximate surface area is 143 Å². The normalized spacial score (nSPS) is 22.5. The highest BCUT2D eigenvalue weighted by molar-refractivity contribution is 5.85. The fourth-order valence-electron chi connectivity index (χ4n) is 3.72. The van der Waals surface area contributed by atoms with Gasteiger partial charge in [-0.05, 0) is 23.8 Å². The number of nitrogens with zero attached hydrogens (tertiary/aromatic N) is 1. The van der Waals surface area contributed by atoms with Crippen LogP contribution in [0.3, 0.4) is 0 Å². The molecule has 0 unspecified atom stereocenters. The minimum atomic E-state index is 0. The molecule has 3 nitrogen and oxygen atoms in total. The van der Waals surface area contributed by atoms with E-state index in [-0.39, 0.29) is 12.4 Å². The van der Waals surface area contributed by atoms with E-state index in [0.29, 0.717) is 11.8 Å². The number of likely N-dealkylation sites (tertiary alicyclic amines) is 1. The van der Waals surface area contributed by atoms with Crippen LogP contribution in [0.2, 0.25) is 0 Å². The number of halogens is 1. The van der Waals surface area contributed by atoms with Gasteiger partial charge in [0.25, 0.3) is 0 Å². The molecule has 0 spiro atoms. The minimum Gasteiger partial charge on any atom is -0.497 e. The zero-order chi connectivity index (χ0) is 14.9. The number of ether oxygens (including phenoxy) is 2. The van der Waals surface area contributed by atoms with Crippen LogP contribution in [0.5, 0.6) is 11.5 Å². The highest BCUT2D eigenvalue weighted by Gasteiger charge is 2.38. The zero-order valence-corrected chi connectivity index (χ0v) is 14.1. The van der Waals surface area contributed by atoms with Crippen molar-refractivity contribution >= 4 is 12.4 Å². The fraction of sp³-hybridized carbons (Fsp3) is 0.368. The van der Waals surface area contributed by atoms with E-state index in [2.05, 4.69) is 41.3 Å². The summed E-state index contributed by atoms with van der Waals surface area (Å²) in [4.78, 5) is 2.54. The molecular formula is C19H22ClNO2. The third-order valence-corrected chi connectivity index (χ3v) is 4.83. The zero-order valence-electron chi connectivity index (χ0n) is 13.3. The molecule has 0 saturated carbocycles. The van der Waals surface area contributed by atoms with Crippen molar-refractivity contribution in [3.63, 3.8) is 0 Å². The molecule has 4 rings (SSSR count). The van der Waals surface area contributed by atoms with Gasteiger partial charge in [-0.2, -0.15) is 0 Å². The SMILES string of the molecule is COc1ccc2c(c1)[C@H]1CN(Cc3ccccc3)C[C@@H]1CO2.Cl. The molecule has 0 amide bonds. The molecule has 122 valence electrons. The summed E-state index contributed by atoms with van der Waals surface area (Å²) >= 11 is 0. The Kier molecular flexibility index (Phi) is 4.79. The second-order valence-corrected chi connectivity index (χ2v) is 6.26. The number of methoxy groups -OCH3 is 1. The number of hydrogen-bond acceptors (Lipinski definition) is 3. The summed E-state index contributed by atoms with van der Waals surface area (Å²) in [5.41, 5.74) is 2.69. The minimum absolute atomic E-state index is 0. The smallest absolute Gasteiger partial charge is 0.123 e. The van der Waals surface area contributed by atoms with Gasteiger partial charge in [-0.3, -0.25) is 4.90 Å². The molecule has 0 aromatic heterocycles. The van der Waals surface area contributed by atoms with Crippen molar-refractivity contribution in [2.24, 2.45) is 5.92 Å². The highest BCUT2D eigenvalue weighted by atomic mass is 35.5. The Morgan fingerprint density at radius 1 is 1.13 bits per heavy atom. The summed E-state index contributed by atoms with van der Waals surface area (Å²) in [5, 5.41) is 0. The van der Waals surface area contributed by atoms with Crippen molar-refractivity contribution in [1.82, 2.24) is 4.90 Å². The molecule has 2 aliphatic heterocycles. The van der Waals surface area contributed by atoms with E-state index in [1.54, 1.807) is 7.11 Å². The maximum absolute atomic E-state index is 5.95. The molecule has 2 aliphatic rings. The Balaban J connectivity index is 0.00000156. The molecule has 0 N–H and O–H groups in total. The van der Waals surface area contributed by atoms with Gasteiger partial charge in [0.15, 0.2) is 0 Å². The lowest BCUT2D eigenvalue weighted by Crippen LogP contribution is -2.25. The van der Waals surface area contributed by atoms with Crippen molar-refractivity contribution in [3.8, 4) is 11.5 Å². The fourth-order valence-corrected chi connectivity index (χ4v) is 3.72. The summed E-state index contributed by atoms with van der Waals surface area (Å²) in [7, 11) is 1.72. The van der Waals surface area contributed by atoms with Crippen molar-refractivity contribution in [2.45, 2.75) is 12.5 Å². The van der Waals surface area contributed by atoms with Crippen LogP contribution in [-0.4, -0.2) is 31.7 Å². The molecule has 2 atom stereocenters. The van der Waals surface area contributed by atoms with E-state index in [9.17, 15) is 0 Å². The van der Waals surface area contributed by atoms with E-state index < -0.39 is 0 Å². The van der Waals surface area contributed by atoms with Crippen LogP contribution < -0.4 is 9.47 Å². The molecule has 2 heterocycles. The van der Waals surface area contributed by atoms with Gasteiger partial charge < -0.3 is 9.47 Å². The van der Waals surface area contributed by atoms with E-state index in [0.717, 1.165) is 37.7 Å². The second-order valence-electron chi connectivity index (χ2n) is 6.26. The first-order valence-electron chi connectivity index (χ1n) is 7.90. The number of hydrogen-bond donors (Lipinski definition) is 0. The van der Waals surface area contributed by atoms with Crippen molar-refractivity contribution in [1.29, 1.82) is 0 Å². The van der Waals surface area contributed by atoms with Crippen molar-refractivity contribution in [3.05, 3.63) is 59.7 Å². The first-order valence-corrected chi connectivity index (χ1v) is 7.90. The summed E-state index contributed by atoms with van der Waals surface area (Å²) in [6.45, 7) is 4.06. The van der Waals surface area contributed by atoms with Gasteiger partial charge in [-0.1, -0.05) is 30.3 Å². The third-order valence-electron chi connectivity index (χ3n) is 4.83. The summed E-state index contributed by atoms with van der Waals surface area (Å²) in [6.07, 6.45) is 0. The predicted molar refractivity (Wildman–Crippen MR) is 93.7 cm³/mol. The Hall–Kier alpha value is -1.71. The summed E-state index contributed by atoms with van der Waals surface area (Å²) < 4.78 is 11.3. The van der Waals surface area contributed by atoms with Crippen LogP contribution in [0.25, 0.3) is 0 Å². The quantitative estimate of drug-likeness (QED) is 0.855. The first kappa shape index (κ1) is 16.2. The van der Waals surface area contributed by atoms with Gasteiger partial charge in [0.1, 0.15) is 11.5 Å². The Morgan fingerprint density at radius 2 is 1.96 bits per heavy atom. The van der Waals surface area contributed by atoms with Gasteiger partial charge in [0, 0.05) is 37.0 Å². The third kappa shape index (κ3) is 3.17. The summed E-state index contributed by atoms with van der Waals surface area (Å²) in [5.74, 6) is 3.10. The van der Waals surface area contributed by atoms with E-state index in [1.165, 1.54) is 11.1 Å². The lowest BCUT2D eigenvalue weighted by atomic mass is 9.87. The molecule has 23 heavy (non-hydrogen) atoms. The average Bonchev–Trinajstić information content (AvgIpc) is 2.98. The van der Waals surface area contributed by atoms with Crippen LogP contribution in [0.1, 0.15) is 17.0 Å². The Morgan fingerprint density at radius 3 is 2.74 bits per heavy atom. The molecule has 0 radical (unpaired) electrons. The van der Waals surface area contributed by atoms with Gasteiger partial charge >= 0.3 is 0 Å². The highest BCUT2D eigenvalue weighted by Crippen LogP contribution is 2.43. The molecule has 0 bridgehead atoms. The van der Waals surface area contributed by atoms with Gasteiger partial charge in [-0.25, -0.2) is 0 Å². The maximum atomic E-state index is 5.95. The maximum Gasteiger partial charge on any atom is 0.123 e. The first-order chi connectivity index (χ1) is 10.8. The molecule has 4 heteroatoms. The monoisotopic (exact) mass is 331 g/mol. The van der Waals surface area contributed by atoms with E-state index >= 15 is 0 Å². The number of benzene rings is 2. The molecule has 1 saturated heterocycles. The summed E-state index contributed by atoms with van der Waals surface area (Å²) in [6, 6.07) is 16.9. The lowest BCUT2D eigenvalue weighted by molar-refractivity contribution is 0.211. The molecule has 0 aliphatic carbocycles. The lowest BCUT2D eigenvalue weighted by Gasteiger charge is -2.28. The van der Waals surface area contributed by atoms with Gasteiger partial charge in [0.05, 0.1) is 13.7 Å². The van der Waals surface area contributed by atoms with Crippen LogP contribution in [0.4, 0.5) is 0 Å². The van der Waals surface area contributed by atoms with Crippen molar-refractivity contribution in [2.75, 3.05) is 26.8 Å². The average molecular weight is 332 g/mol.